The highest BCUT2D eigenvalue weighted by Gasteiger charge is 2.14. The molecule has 7 nitrogen and oxygen atoms in total. The van der Waals surface area contributed by atoms with Gasteiger partial charge in [0.25, 0.3) is 5.91 Å². The molecule has 0 unspecified atom stereocenters. The molecule has 3 aromatic heterocycles. The van der Waals surface area contributed by atoms with Gasteiger partial charge < -0.3 is 4.90 Å². The van der Waals surface area contributed by atoms with Crippen LogP contribution in [-0.2, 0) is 0 Å². The van der Waals surface area contributed by atoms with E-state index in [1.807, 2.05) is 29.0 Å². The minimum Gasteiger partial charge on any atom is -0.345 e. The molecule has 0 radical (unpaired) electrons. The van der Waals surface area contributed by atoms with E-state index in [4.69, 9.17) is 0 Å². The maximum atomic E-state index is 13.3. The summed E-state index contributed by atoms with van der Waals surface area (Å²) in [6, 6.07) is 15.7. The summed E-state index contributed by atoms with van der Waals surface area (Å²) in [5, 5.41) is 7.27. The highest BCUT2D eigenvalue weighted by Crippen LogP contribution is 2.32. The lowest BCUT2D eigenvalue weighted by Gasteiger charge is -2.10. The molecule has 2 aromatic carbocycles. The topological polar surface area (TPSA) is 79.7 Å². The van der Waals surface area contributed by atoms with Gasteiger partial charge in [-0.1, -0.05) is 6.07 Å². The minimum atomic E-state index is -0.290. The number of imidazole rings is 1. The third-order valence-corrected chi connectivity index (χ3v) is 5.26. The summed E-state index contributed by atoms with van der Waals surface area (Å²) in [5.74, 6) is 0.267. The third-order valence-electron chi connectivity index (χ3n) is 5.26. The maximum Gasteiger partial charge on any atom is 0.254 e. The molecule has 0 fully saturated rings. The van der Waals surface area contributed by atoms with Gasteiger partial charge >= 0.3 is 0 Å². The average molecular weight is 426 g/mol. The summed E-state index contributed by atoms with van der Waals surface area (Å²) in [6.07, 6.45) is 5.09. The van der Waals surface area contributed by atoms with Crippen LogP contribution in [0.1, 0.15) is 10.4 Å². The molecule has 0 bridgehead atoms. The van der Waals surface area contributed by atoms with Gasteiger partial charge in [-0.25, -0.2) is 14.4 Å². The van der Waals surface area contributed by atoms with Crippen molar-refractivity contribution in [2.24, 2.45) is 0 Å². The molecule has 0 aliphatic carbocycles. The highest BCUT2D eigenvalue weighted by molar-refractivity contribution is 5.93. The first-order valence-electron chi connectivity index (χ1n) is 9.96. The summed E-state index contributed by atoms with van der Waals surface area (Å²) >= 11 is 0. The SMILES string of the molecule is CN(C)C(=O)c1ccc(-n2cnc3ccc(-c4c[nH]nc4-c4ccc(F)cc4)cc32)nc1. The predicted molar refractivity (Wildman–Crippen MR) is 120 cm³/mol. The molecule has 0 atom stereocenters. The minimum absolute atomic E-state index is 0.102. The summed E-state index contributed by atoms with van der Waals surface area (Å²) in [7, 11) is 3.41. The Morgan fingerprint density at radius 2 is 1.78 bits per heavy atom. The largest absolute Gasteiger partial charge is 0.345 e. The number of hydrogen-bond donors (Lipinski definition) is 1. The fraction of sp³-hybridized carbons (Fsp3) is 0.0833. The number of rotatable bonds is 4. The van der Waals surface area contributed by atoms with Crippen molar-refractivity contribution in [1.82, 2.24) is 29.6 Å². The smallest absolute Gasteiger partial charge is 0.254 e. The Morgan fingerprint density at radius 1 is 1.00 bits per heavy atom. The van der Waals surface area contributed by atoms with Gasteiger partial charge in [0.05, 0.1) is 22.3 Å². The van der Waals surface area contributed by atoms with Crippen molar-refractivity contribution in [3.05, 3.63) is 84.7 Å². The van der Waals surface area contributed by atoms with Gasteiger partial charge in [0.1, 0.15) is 18.0 Å². The summed E-state index contributed by atoms with van der Waals surface area (Å²) in [6.45, 7) is 0. The molecule has 158 valence electrons. The number of aromatic nitrogens is 5. The molecule has 1 amide bonds. The zero-order valence-corrected chi connectivity index (χ0v) is 17.5. The van der Waals surface area contributed by atoms with Crippen LogP contribution >= 0.6 is 0 Å². The number of nitrogens with zero attached hydrogens (tertiary/aromatic N) is 5. The Labute approximate surface area is 183 Å². The van der Waals surface area contributed by atoms with Crippen LogP contribution in [0.5, 0.6) is 0 Å². The van der Waals surface area contributed by atoms with Crippen LogP contribution in [0.4, 0.5) is 4.39 Å². The lowest BCUT2D eigenvalue weighted by molar-refractivity contribution is 0.0827. The van der Waals surface area contributed by atoms with Crippen molar-refractivity contribution in [2.75, 3.05) is 14.1 Å². The van der Waals surface area contributed by atoms with Crippen molar-refractivity contribution in [3.63, 3.8) is 0 Å². The lowest BCUT2D eigenvalue weighted by Crippen LogP contribution is -2.21. The molecule has 1 N–H and O–H groups in total. The van der Waals surface area contributed by atoms with E-state index >= 15 is 0 Å². The number of carbonyl (C=O) groups excluding carboxylic acids is 1. The number of amides is 1. The van der Waals surface area contributed by atoms with Gasteiger partial charge in [0, 0.05) is 37.6 Å². The molecule has 8 heteroatoms. The first-order chi connectivity index (χ1) is 15.5. The molecule has 0 saturated carbocycles. The van der Waals surface area contributed by atoms with Crippen LogP contribution in [0.25, 0.3) is 39.2 Å². The molecular weight excluding hydrogens is 407 g/mol. The van der Waals surface area contributed by atoms with Crippen LogP contribution in [0.2, 0.25) is 0 Å². The van der Waals surface area contributed by atoms with Gasteiger partial charge in [0.15, 0.2) is 0 Å². The van der Waals surface area contributed by atoms with E-state index in [-0.39, 0.29) is 11.7 Å². The second-order valence-electron chi connectivity index (χ2n) is 7.58. The van der Waals surface area contributed by atoms with Crippen molar-refractivity contribution in [3.8, 4) is 28.2 Å². The first kappa shape index (κ1) is 19.6. The molecule has 32 heavy (non-hydrogen) atoms. The predicted octanol–water partition coefficient (Wildman–Crippen LogP) is 4.32. The Bertz CT molecular complexity index is 1420. The van der Waals surface area contributed by atoms with E-state index in [1.165, 1.54) is 17.0 Å². The van der Waals surface area contributed by atoms with Gasteiger partial charge in [-0.05, 0) is 54.1 Å². The molecule has 5 rings (SSSR count). The monoisotopic (exact) mass is 426 g/mol. The first-order valence-corrected chi connectivity index (χ1v) is 9.96. The van der Waals surface area contributed by atoms with E-state index in [2.05, 4.69) is 20.2 Å². The van der Waals surface area contributed by atoms with Gasteiger partial charge in [-0.15, -0.1) is 0 Å². The van der Waals surface area contributed by atoms with Crippen LogP contribution in [0, 0.1) is 5.82 Å². The Kier molecular flexibility index (Phi) is 4.74. The molecule has 0 spiro atoms. The fourth-order valence-electron chi connectivity index (χ4n) is 3.61. The summed E-state index contributed by atoms with van der Waals surface area (Å²) in [5.41, 5.74) is 5.59. The van der Waals surface area contributed by atoms with Crippen molar-refractivity contribution in [1.29, 1.82) is 0 Å². The second kappa shape index (κ2) is 7.73. The zero-order chi connectivity index (χ0) is 22.2. The maximum absolute atomic E-state index is 13.3. The lowest BCUT2D eigenvalue weighted by atomic mass is 10.0. The van der Waals surface area contributed by atoms with E-state index in [1.54, 1.807) is 50.9 Å². The van der Waals surface area contributed by atoms with Gasteiger partial charge in [-0.2, -0.15) is 5.10 Å². The van der Waals surface area contributed by atoms with Gasteiger partial charge in [0.2, 0.25) is 0 Å². The second-order valence-corrected chi connectivity index (χ2v) is 7.58. The van der Waals surface area contributed by atoms with Crippen molar-refractivity contribution < 1.29 is 9.18 Å². The Morgan fingerprint density at radius 3 is 2.50 bits per heavy atom. The number of benzene rings is 2. The van der Waals surface area contributed by atoms with Crippen LogP contribution in [0.3, 0.4) is 0 Å². The number of H-pyrrole nitrogens is 1. The summed E-state index contributed by atoms with van der Waals surface area (Å²) in [4.78, 5) is 22.6. The van der Waals surface area contributed by atoms with Gasteiger partial charge in [-0.3, -0.25) is 14.5 Å². The number of aromatic amines is 1. The number of hydrogen-bond acceptors (Lipinski definition) is 4. The Balaban J connectivity index is 1.55. The average Bonchev–Trinajstić information content (AvgIpc) is 3.46. The molecule has 0 aliphatic rings. The summed E-state index contributed by atoms with van der Waals surface area (Å²) < 4.78 is 15.2. The van der Waals surface area contributed by atoms with E-state index in [0.29, 0.717) is 11.4 Å². The number of fused-ring (bicyclic) bond motifs is 1. The number of pyridine rings is 1. The number of carbonyl (C=O) groups is 1. The quantitative estimate of drug-likeness (QED) is 0.464. The molecule has 0 saturated heterocycles. The standard InChI is InChI=1S/C24H19FN6O/c1-30(2)24(32)17-6-10-22(26-12-17)31-14-27-20-9-5-16(11-21(20)31)19-13-28-29-23(19)15-3-7-18(25)8-4-15/h3-14H,1-2H3,(H,28,29). The molecule has 0 aliphatic heterocycles. The van der Waals surface area contributed by atoms with Crippen LogP contribution in [0.15, 0.2) is 73.3 Å². The van der Waals surface area contributed by atoms with E-state index < -0.39 is 0 Å². The highest BCUT2D eigenvalue weighted by atomic mass is 19.1. The number of halogens is 1. The molecule has 5 aromatic rings. The molecular formula is C24H19FN6O. The van der Waals surface area contributed by atoms with E-state index in [0.717, 1.165) is 33.4 Å². The normalized spacial score (nSPS) is 11.1. The zero-order valence-electron chi connectivity index (χ0n) is 17.5. The van der Waals surface area contributed by atoms with Crippen molar-refractivity contribution >= 4 is 16.9 Å². The van der Waals surface area contributed by atoms with E-state index in [9.17, 15) is 9.18 Å². The molecule has 3 heterocycles. The van der Waals surface area contributed by atoms with Crippen molar-refractivity contribution in [2.45, 2.75) is 0 Å². The fourth-order valence-corrected chi connectivity index (χ4v) is 3.61. The third kappa shape index (κ3) is 3.41. The number of nitrogens with one attached hydrogen (secondary N) is 1. The van der Waals surface area contributed by atoms with Crippen LogP contribution < -0.4 is 0 Å². The Hall–Kier alpha value is -4.33. The van der Waals surface area contributed by atoms with Crippen LogP contribution in [-0.4, -0.2) is 49.6 Å².